The molecule has 0 aliphatic heterocycles. The smallest absolute Gasteiger partial charge is 0.269 e. The van der Waals surface area contributed by atoms with Crippen molar-refractivity contribution in [3.05, 3.63) is 58.6 Å². The van der Waals surface area contributed by atoms with Gasteiger partial charge in [-0.2, -0.15) is 0 Å². The summed E-state index contributed by atoms with van der Waals surface area (Å²) in [7, 11) is -4.02. The van der Waals surface area contributed by atoms with Gasteiger partial charge in [0.2, 0.25) is 0 Å². The number of hydrogen-bond acceptors (Lipinski definition) is 4. The van der Waals surface area contributed by atoms with Crippen molar-refractivity contribution in [2.24, 2.45) is 0 Å². The fourth-order valence-corrected chi connectivity index (χ4v) is 3.16. The molecule has 116 valence electrons. The number of para-hydroxylation sites is 1. The average molecular weight is 341 g/mol. The van der Waals surface area contributed by atoms with Gasteiger partial charge in [-0.25, -0.2) is 8.42 Å². The van der Waals surface area contributed by atoms with Crippen LogP contribution < -0.4 is 10.3 Å². The molecular formula is C14H13ClN2O4S. The first kappa shape index (κ1) is 16.3. The van der Waals surface area contributed by atoms with Gasteiger partial charge in [-0.05, 0) is 36.8 Å². The van der Waals surface area contributed by atoms with Gasteiger partial charge in [0.15, 0.2) is 0 Å². The van der Waals surface area contributed by atoms with Crippen LogP contribution >= 0.6 is 11.6 Å². The summed E-state index contributed by atoms with van der Waals surface area (Å²) >= 11 is 5.90. The number of aryl methyl sites for hydroxylation is 1. The Morgan fingerprint density at radius 3 is 2.50 bits per heavy atom. The molecule has 6 nitrogen and oxygen atoms in total. The molecule has 0 bridgehead atoms. The third-order valence-corrected chi connectivity index (χ3v) is 4.56. The zero-order valence-electron chi connectivity index (χ0n) is 11.5. The lowest BCUT2D eigenvalue weighted by atomic mass is 10.2. The van der Waals surface area contributed by atoms with Crippen molar-refractivity contribution >= 4 is 27.5 Å². The van der Waals surface area contributed by atoms with Gasteiger partial charge in [0.05, 0.1) is 10.6 Å². The molecule has 0 saturated carbocycles. The first-order chi connectivity index (χ1) is 10.3. The first-order valence-electron chi connectivity index (χ1n) is 6.17. The number of carbonyl (C=O) groups excluding carboxylic acids is 1. The molecule has 0 unspecified atom stereocenters. The molecule has 1 amide bonds. The minimum atomic E-state index is -4.02. The predicted molar refractivity (Wildman–Crippen MR) is 82.1 cm³/mol. The highest BCUT2D eigenvalue weighted by Gasteiger charge is 2.19. The Balaban J connectivity index is 2.17. The number of sulfonamides is 1. The summed E-state index contributed by atoms with van der Waals surface area (Å²) in [5.41, 5.74) is 2.78. The maximum absolute atomic E-state index is 12.1. The quantitative estimate of drug-likeness (QED) is 0.741. The number of carbonyl (C=O) groups is 1. The molecule has 2 rings (SSSR count). The summed E-state index contributed by atoms with van der Waals surface area (Å²) in [6, 6.07) is 10.2. The summed E-state index contributed by atoms with van der Waals surface area (Å²) in [4.78, 5) is 13.6. The Labute approximate surface area is 132 Å². The maximum atomic E-state index is 12.1. The second-order valence-corrected chi connectivity index (χ2v) is 6.57. The molecule has 0 aliphatic rings. The summed E-state index contributed by atoms with van der Waals surface area (Å²) in [5.74, 6) is -1.04. The normalized spacial score (nSPS) is 11.2. The van der Waals surface area contributed by atoms with Crippen LogP contribution in [0.3, 0.4) is 0 Å². The van der Waals surface area contributed by atoms with Crippen LogP contribution in [-0.4, -0.2) is 19.4 Å². The molecule has 0 aliphatic carbocycles. The highest BCUT2D eigenvalue weighted by Crippen LogP contribution is 2.22. The minimum Gasteiger partial charge on any atom is -0.507 e. The molecule has 22 heavy (non-hydrogen) atoms. The van der Waals surface area contributed by atoms with Gasteiger partial charge in [0, 0.05) is 0 Å². The molecular weight excluding hydrogens is 328 g/mol. The van der Waals surface area contributed by atoms with Crippen molar-refractivity contribution in [3.8, 4) is 5.75 Å². The molecule has 0 heterocycles. The summed E-state index contributed by atoms with van der Waals surface area (Å²) < 4.78 is 24.2. The Morgan fingerprint density at radius 2 is 1.86 bits per heavy atom. The minimum absolute atomic E-state index is 0.0457. The van der Waals surface area contributed by atoms with Gasteiger partial charge in [0.25, 0.3) is 15.9 Å². The second-order valence-electron chi connectivity index (χ2n) is 4.51. The average Bonchev–Trinajstić information content (AvgIpc) is 2.45. The fraction of sp³-hybridized carbons (Fsp3) is 0.0714. The number of benzene rings is 2. The number of hydrogen-bond donors (Lipinski definition) is 3. The van der Waals surface area contributed by atoms with Crippen LogP contribution in [0.4, 0.5) is 0 Å². The molecule has 8 heteroatoms. The van der Waals surface area contributed by atoms with Crippen LogP contribution in [0.15, 0.2) is 47.4 Å². The molecule has 2 aromatic carbocycles. The van der Waals surface area contributed by atoms with Crippen LogP contribution in [0.25, 0.3) is 0 Å². The lowest BCUT2D eigenvalue weighted by Crippen LogP contribution is -2.41. The number of nitrogens with one attached hydrogen (secondary N) is 2. The van der Waals surface area contributed by atoms with Gasteiger partial charge in [-0.3, -0.25) is 10.2 Å². The van der Waals surface area contributed by atoms with E-state index in [1.54, 1.807) is 25.1 Å². The Kier molecular flexibility index (Phi) is 4.70. The van der Waals surface area contributed by atoms with E-state index in [0.29, 0.717) is 0 Å². The lowest BCUT2D eigenvalue weighted by molar-refractivity contribution is 0.0942. The molecule has 0 radical (unpaired) electrons. The van der Waals surface area contributed by atoms with Gasteiger partial charge >= 0.3 is 0 Å². The van der Waals surface area contributed by atoms with Crippen LogP contribution in [0, 0.1) is 6.92 Å². The number of aromatic hydroxyl groups is 1. The van der Waals surface area contributed by atoms with Gasteiger partial charge in [-0.1, -0.05) is 29.8 Å². The van der Waals surface area contributed by atoms with Crippen LogP contribution in [0.5, 0.6) is 5.75 Å². The van der Waals surface area contributed by atoms with E-state index in [4.69, 9.17) is 11.6 Å². The summed E-state index contributed by atoms with van der Waals surface area (Å²) in [6.07, 6.45) is 0. The molecule has 0 spiro atoms. The van der Waals surface area contributed by atoms with E-state index in [0.717, 1.165) is 5.56 Å². The van der Waals surface area contributed by atoms with E-state index in [1.807, 2.05) is 10.3 Å². The van der Waals surface area contributed by atoms with Crippen molar-refractivity contribution in [3.63, 3.8) is 0 Å². The largest absolute Gasteiger partial charge is 0.507 e. The third kappa shape index (κ3) is 3.56. The van der Waals surface area contributed by atoms with E-state index < -0.39 is 15.9 Å². The summed E-state index contributed by atoms with van der Waals surface area (Å²) in [5, 5.41) is 9.59. The van der Waals surface area contributed by atoms with Gasteiger partial charge < -0.3 is 5.11 Å². The number of amides is 1. The zero-order valence-corrected chi connectivity index (χ0v) is 13.1. The predicted octanol–water partition coefficient (Wildman–Crippen LogP) is 1.98. The number of phenolic OH excluding ortho intramolecular Hbond substituents is 1. The van der Waals surface area contributed by atoms with E-state index in [-0.39, 0.29) is 21.2 Å². The first-order valence-corrected chi connectivity index (χ1v) is 8.03. The topological polar surface area (TPSA) is 95.5 Å². The van der Waals surface area contributed by atoms with Crippen molar-refractivity contribution in [2.45, 2.75) is 11.8 Å². The third-order valence-electron chi connectivity index (χ3n) is 2.82. The van der Waals surface area contributed by atoms with E-state index in [2.05, 4.69) is 0 Å². The molecule has 0 fully saturated rings. The van der Waals surface area contributed by atoms with Gasteiger partial charge in [-0.15, -0.1) is 4.83 Å². The van der Waals surface area contributed by atoms with Crippen molar-refractivity contribution in [2.75, 3.05) is 0 Å². The maximum Gasteiger partial charge on any atom is 0.269 e. The van der Waals surface area contributed by atoms with Crippen molar-refractivity contribution in [1.82, 2.24) is 10.3 Å². The second kappa shape index (κ2) is 6.35. The zero-order chi connectivity index (χ0) is 16.3. The summed E-state index contributed by atoms with van der Waals surface area (Å²) in [6.45, 7) is 1.77. The van der Waals surface area contributed by atoms with E-state index in [9.17, 15) is 18.3 Å². The number of phenols is 1. The van der Waals surface area contributed by atoms with Crippen LogP contribution in [-0.2, 0) is 10.0 Å². The number of rotatable bonds is 4. The number of halogens is 1. The Bertz CT molecular complexity index is 821. The molecule has 0 aromatic heterocycles. The molecule has 0 saturated heterocycles. The van der Waals surface area contributed by atoms with E-state index in [1.165, 1.54) is 24.3 Å². The highest BCUT2D eigenvalue weighted by atomic mass is 35.5. The highest BCUT2D eigenvalue weighted by molar-refractivity contribution is 7.89. The lowest BCUT2D eigenvalue weighted by Gasteiger charge is -2.10. The van der Waals surface area contributed by atoms with E-state index >= 15 is 0 Å². The number of hydrazine groups is 1. The Morgan fingerprint density at radius 1 is 1.18 bits per heavy atom. The fourth-order valence-electron chi connectivity index (χ4n) is 1.73. The molecule has 0 atom stereocenters. The Hall–Kier alpha value is -2.09. The van der Waals surface area contributed by atoms with Gasteiger partial charge in [0.1, 0.15) is 10.6 Å². The molecule has 2 aromatic rings. The van der Waals surface area contributed by atoms with Crippen molar-refractivity contribution < 1.29 is 18.3 Å². The van der Waals surface area contributed by atoms with Crippen LogP contribution in [0.1, 0.15) is 15.9 Å². The SMILES string of the molecule is Cc1ccc(S(=O)(=O)NNC(=O)c2ccccc2O)c(Cl)c1. The standard InChI is InChI=1S/C14H13ClN2O4S/c1-9-6-7-13(11(15)8-9)22(20,21)17-16-14(19)10-4-2-3-5-12(10)18/h2-8,17-18H,1H3,(H,16,19). The molecule has 3 N–H and O–H groups in total. The van der Waals surface area contributed by atoms with Crippen molar-refractivity contribution in [1.29, 1.82) is 0 Å². The monoisotopic (exact) mass is 340 g/mol. The van der Waals surface area contributed by atoms with Crippen LogP contribution in [0.2, 0.25) is 5.02 Å².